The summed E-state index contributed by atoms with van der Waals surface area (Å²) in [4.78, 5) is 10.0. The van der Waals surface area contributed by atoms with Gasteiger partial charge in [0.2, 0.25) is 0 Å². The molecule has 0 saturated heterocycles. The molecule has 1 nitrogen and oxygen atoms in total. The van der Waals surface area contributed by atoms with Crippen LogP contribution in [0.5, 0.6) is 0 Å². The standard InChI is InChI=1S/C9H17OP/c1-9(6-7-10)5-4-8-11(2)3/h7,11H,1-2,4-6,8H2,3H3. The number of hydrogen-bond donors (Lipinski definition) is 0. The first-order chi connectivity index (χ1) is 5.16. The van der Waals surface area contributed by atoms with Crippen molar-refractivity contribution < 1.29 is 4.79 Å². The zero-order valence-corrected chi connectivity index (χ0v) is 8.23. The normalized spacial score (nSPS) is 12.5. The predicted molar refractivity (Wildman–Crippen MR) is 55.3 cm³/mol. The van der Waals surface area contributed by atoms with Crippen LogP contribution in [0.15, 0.2) is 12.2 Å². The topological polar surface area (TPSA) is 17.1 Å². The lowest BCUT2D eigenvalue weighted by atomic mass is 10.1. The molecule has 0 fully saturated rings. The zero-order chi connectivity index (χ0) is 8.69. The first-order valence-electron chi connectivity index (χ1n) is 3.91. The molecule has 0 bridgehead atoms. The van der Waals surface area contributed by atoms with Crippen molar-refractivity contribution >= 4 is 20.1 Å². The molecule has 0 amide bonds. The van der Waals surface area contributed by atoms with Crippen molar-refractivity contribution in [3.63, 3.8) is 0 Å². The van der Waals surface area contributed by atoms with Crippen molar-refractivity contribution in [1.82, 2.24) is 0 Å². The minimum atomic E-state index is -0.324. The zero-order valence-electron chi connectivity index (χ0n) is 7.23. The maximum Gasteiger partial charge on any atom is 0.124 e. The fourth-order valence-electron chi connectivity index (χ4n) is 0.860. The number of hydrogen-bond acceptors (Lipinski definition) is 1. The molecule has 64 valence electrons. The summed E-state index contributed by atoms with van der Waals surface area (Å²) >= 11 is 0. The first kappa shape index (κ1) is 10.7. The quantitative estimate of drug-likeness (QED) is 0.341. The molecule has 0 saturated carbocycles. The molecule has 0 radical (unpaired) electrons. The summed E-state index contributed by atoms with van der Waals surface area (Å²) in [6.07, 6.45) is 8.81. The Morgan fingerprint density at radius 2 is 2.27 bits per heavy atom. The minimum Gasteiger partial charge on any atom is -0.303 e. The fraction of sp³-hybridized carbons (Fsp3) is 0.556. The maximum absolute atomic E-state index is 10.0. The van der Waals surface area contributed by atoms with Crippen molar-refractivity contribution in [2.45, 2.75) is 19.3 Å². The lowest BCUT2D eigenvalue weighted by molar-refractivity contribution is -0.107. The molecule has 0 N–H and O–H groups in total. The molecule has 0 spiro atoms. The van der Waals surface area contributed by atoms with E-state index >= 15 is 0 Å². The van der Waals surface area contributed by atoms with Gasteiger partial charge in [0.1, 0.15) is 6.29 Å². The van der Waals surface area contributed by atoms with Gasteiger partial charge in [-0.3, -0.25) is 0 Å². The van der Waals surface area contributed by atoms with Crippen LogP contribution in [0.3, 0.4) is 0 Å². The Morgan fingerprint density at radius 1 is 1.64 bits per heavy atom. The maximum atomic E-state index is 10.0. The largest absolute Gasteiger partial charge is 0.303 e. The molecule has 1 unspecified atom stereocenters. The SMILES string of the molecule is C=C(CC=O)CCC[PH](=C)C. The Morgan fingerprint density at radius 3 is 2.73 bits per heavy atom. The summed E-state index contributed by atoms with van der Waals surface area (Å²) in [7, 11) is -0.324. The van der Waals surface area contributed by atoms with Crippen molar-refractivity contribution in [3.8, 4) is 0 Å². The summed E-state index contributed by atoms with van der Waals surface area (Å²) in [5.74, 6) is 0. The van der Waals surface area contributed by atoms with E-state index in [1.165, 1.54) is 6.16 Å². The molecule has 0 rings (SSSR count). The highest BCUT2D eigenvalue weighted by Crippen LogP contribution is 2.17. The van der Waals surface area contributed by atoms with Crippen molar-refractivity contribution in [2.24, 2.45) is 0 Å². The molecular formula is C9H17OP. The predicted octanol–water partition coefficient (Wildman–Crippen LogP) is 2.19. The molecule has 0 aliphatic carbocycles. The van der Waals surface area contributed by atoms with Crippen molar-refractivity contribution in [1.29, 1.82) is 0 Å². The van der Waals surface area contributed by atoms with E-state index in [9.17, 15) is 4.79 Å². The van der Waals surface area contributed by atoms with E-state index in [-0.39, 0.29) is 7.55 Å². The molecule has 11 heavy (non-hydrogen) atoms. The summed E-state index contributed by atoms with van der Waals surface area (Å²) in [6, 6.07) is 0. The van der Waals surface area contributed by atoms with E-state index in [2.05, 4.69) is 19.5 Å². The Bertz CT molecular complexity index is 161. The Balaban J connectivity index is 3.31. The summed E-state index contributed by atoms with van der Waals surface area (Å²) in [5.41, 5.74) is 1.06. The highest BCUT2D eigenvalue weighted by atomic mass is 31.1. The molecular weight excluding hydrogens is 155 g/mol. The molecule has 0 aliphatic heterocycles. The van der Waals surface area contributed by atoms with Gasteiger partial charge in [-0.15, -0.1) is 13.8 Å². The first-order valence-corrected chi connectivity index (χ1v) is 6.33. The Kier molecular flexibility index (Phi) is 6.25. The number of allylic oxidation sites excluding steroid dienone is 1. The lowest BCUT2D eigenvalue weighted by Gasteiger charge is -2.01. The van der Waals surface area contributed by atoms with Gasteiger partial charge in [-0.25, -0.2) is 0 Å². The third-order valence-corrected chi connectivity index (χ3v) is 2.71. The second kappa shape index (κ2) is 6.42. The lowest BCUT2D eigenvalue weighted by Crippen LogP contribution is -1.85. The van der Waals surface area contributed by atoms with Gasteiger partial charge in [-0.05, 0) is 25.7 Å². The number of rotatable bonds is 6. The van der Waals surface area contributed by atoms with Crippen LogP contribution in [-0.4, -0.2) is 25.4 Å². The number of aldehydes is 1. The minimum absolute atomic E-state index is 0.324. The third kappa shape index (κ3) is 7.61. The van der Waals surface area contributed by atoms with E-state index in [4.69, 9.17) is 0 Å². The number of carbonyl (C=O) groups is 1. The average Bonchev–Trinajstić information content (AvgIpc) is 1.87. The van der Waals surface area contributed by atoms with Crippen LogP contribution in [0, 0.1) is 0 Å². The highest BCUT2D eigenvalue weighted by molar-refractivity contribution is 7.54. The van der Waals surface area contributed by atoms with Gasteiger partial charge in [0.05, 0.1) is 0 Å². The molecule has 0 heterocycles. The Hall–Kier alpha value is -0.290. The summed E-state index contributed by atoms with van der Waals surface area (Å²) < 4.78 is 0. The van der Waals surface area contributed by atoms with Crippen LogP contribution in [-0.2, 0) is 4.79 Å². The van der Waals surface area contributed by atoms with Crippen LogP contribution in [0.1, 0.15) is 19.3 Å². The number of carbonyl (C=O) groups excluding carboxylic acids is 1. The highest BCUT2D eigenvalue weighted by Gasteiger charge is 1.92. The summed E-state index contributed by atoms with van der Waals surface area (Å²) in [5, 5.41) is 0. The molecule has 0 aromatic carbocycles. The van der Waals surface area contributed by atoms with Gasteiger partial charge in [0, 0.05) is 6.42 Å². The second-order valence-corrected chi connectivity index (χ2v) is 5.35. The van der Waals surface area contributed by atoms with Gasteiger partial charge < -0.3 is 4.79 Å². The van der Waals surface area contributed by atoms with E-state index in [1.54, 1.807) is 0 Å². The third-order valence-electron chi connectivity index (χ3n) is 1.51. The van der Waals surface area contributed by atoms with Gasteiger partial charge >= 0.3 is 0 Å². The Labute approximate surface area is 69.9 Å². The van der Waals surface area contributed by atoms with Crippen LogP contribution in [0.4, 0.5) is 0 Å². The smallest absolute Gasteiger partial charge is 0.124 e. The van der Waals surface area contributed by atoms with Gasteiger partial charge in [-0.2, -0.15) is 0 Å². The molecule has 0 aromatic rings. The molecule has 2 heteroatoms. The van der Waals surface area contributed by atoms with Gasteiger partial charge in [0.15, 0.2) is 0 Å². The monoisotopic (exact) mass is 172 g/mol. The van der Waals surface area contributed by atoms with Gasteiger partial charge in [0.25, 0.3) is 0 Å². The average molecular weight is 172 g/mol. The van der Waals surface area contributed by atoms with Crippen molar-refractivity contribution in [3.05, 3.63) is 12.2 Å². The van der Waals surface area contributed by atoms with Crippen LogP contribution in [0.2, 0.25) is 0 Å². The van der Waals surface area contributed by atoms with E-state index in [0.29, 0.717) is 6.42 Å². The molecule has 0 aromatic heterocycles. The van der Waals surface area contributed by atoms with Gasteiger partial charge in [-0.1, -0.05) is 12.2 Å². The van der Waals surface area contributed by atoms with Crippen LogP contribution in [0.25, 0.3) is 0 Å². The van der Waals surface area contributed by atoms with E-state index in [0.717, 1.165) is 24.7 Å². The van der Waals surface area contributed by atoms with Crippen molar-refractivity contribution in [2.75, 3.05) is 12.8 Å². The second-order valence-electron chi connectivity index (χ2n) is 2.93. The fourth-order valence-corrected chi connectivity index (χ4v) is 1.64. The van der Waals surface area contributed by atoms with E-state index < -0.39 is 0 Å². The molecule has 0 aliphatic rings. The van der Waals surface area contributed by atoms with Crippen LogP contribution < -0.4 is 0 Å². The van der Waals surface area contributed by atoms with E-state index in [1.807, 2.05) is 0 Å². The van der Waals surface area contributed by atoms with Crippen LogP contribution >= 0.6 is 7.55 Å². The summed E-state index contributed by atoms with van der Waals surface area (Å²) in [6.45, 7) is 6.00. The molecule has 1 atom stereocenters.